The number of amides is 1. The second kappa shape index (κ2) is 7.46. The Morgan fingerprint density at radius 3 is 2.72 bits per heavy atom. The molecule has 1 aromatic heterocycles. The number of nitrogens with zero attached hydrogens (tertiary/aromatic N) is 2. The predicted molar refractivity (Wildman–Crippen MR) is 111 cm³/mol. The number of hydrogen-bond acceptors (Lipinski definition) is 6. The number of carbonyl (C=O) groups excluding carboxylic acids is 1. The van der Waals surface area contributed by atoms with Crippen molar-refractivity contribution in [3.05, 3.63) is 30.3 Å². The van der Waals surface area contributed by atoms with E-state index in [4.69, 9.17) is 14.5 Å². The number of carbonyl (C=O) groups is 1. The van der Waals surface area contributed by atoms with Crippen LogP contribution in [0, 0.1) is 0 Å². The smallest absolute Gasteiger partial charge is 0.217 e. The van der Waals surface area contributed by atoms with Crippen LogP contribution in [-0.4, -0.2) is 60.0 Å². The number of aliphatic hydroxyl groups excluding tert-OH is 1. The standard InChI is InChI=1S/C22H29N3O4/c1-15(26)24-21(2)11-14-29-22(20(21)27)9-12-25(13-10-22)18-8-7-16-5-4-6-17(28-3)19(16)23-18/h4-8,20,27H,9-14H2,1-3H3,(H,24,26)/t20-,21+/m1/s1. The van der Waals surface area contributed by atoms with E-state index in [1.165, 1.54) is 6.92 Å². The highest BCUT2D eigenvalue weighted by molar-refractivity contribution is 5.86. The molecule has 7 heteroatoms. The number of ether oxygens (including phenoxy) is 2. The van der Waals surface area contributed by atoms with Crippen molar-refractivity contribution in [2.75, 3.05) is 31.7 Å². The number of nitrogens with one attached hydrogen (secondary N) is 1. The maximum atomic E-state index is 11.6. The highest BCUT2D eigenvalue weighted by Gasteiger charge is 2.53. The van der Waals surface area contributed by atoms with Gasteiger partial charge in [-0.05, 0) is 44.4 Å². The Morgan fingerprint density at radius 2 is 2.03 bits per heavy atom. The van der Waals surface area contributed by atoms with Crippen molar-refractivity contribution in [1.29, 1.82) is 0 Å². The summed E-state index contributed by atoms with van der Waals surface area (Å²) in [5.74, 6) is 1.53. The summed E-state index contributed by atoms with van der Waals surface area (Å²) in [4.78, 5) is 18.7. The van der Waals surface area contributed by atoms with Gasteiger partial charge in [0, 0.05) is 32.0 Å². The molecule has 0 aliphatic carbocycles. The molecule has 1 amide bonds. The van der Waals surface area contributed by atoms with E-state index >= 15 is 0 Å². The van der Waals surface area contributed by atoms with Gasteiger partial charge in [0.25, 0.3) is 0 Å². The lowest BCUT2D eigenvalue weighted by Crippen LogP contribution is -2.69. The average Bonchev–Trinajstić information content (AvgIpc) is 2.71. The number of aliphatic hydroxyl groups is 1. The van der Waals surface area contributed by atoms with Gasteiger partial charge in [0.15, 0.2) is 0 Å². The molecule has 4 rings (SSSR count). The number of piperidine rings is 1. The highest BCUT2D eigenvalue weighted by atomic mass is 16.5. The van der Waals surface area contributed by atoms with Gasteiger partial charge in [-0.1, -0.05) is 12.1 Å². The van der Waals surface area contributed by atoms with Crippen LogP contribution in [0.1, 0.15) is 33.1 Å². The van der Waals surface area contributed by atoms with E-state index in [9.17, 15) is 9.90 Å². The molecule has 0 bridgehead atoms. The summed E-state index contributed by atoms with van der Waals surface area (Å²) in [6.07, 6.45) is 1.20. The molecule has 2 aliphatic rings. The molecule has 2 aliphatic heterocycles. The molecular formula is C22H29N3O4. The van der Waals surface area contributed by atoms with Gasteiger partial charge >= 0.3 is 0 Å². The molecule has 2 N–H and O–H groups in total. The Kier molecular flexibility index (Phi) is 5.12. The maximum Gasteiger partial charge on any atom is 0.217 e. The minimum atomic E-state index is -0.751. The van der Waals surface area contributed by atoms with E-state index in [-0.39, 0.29) is 5.91 Å². The molecule has 0 saturated carbocycles. The van der Waals surface area contributed by atoms with Crippen molar-refractivity contribution in [3.63, 3.8) is 0 Å². The molecule has 1 aromatic carbocycles. The van der Waals surface area contributed by atoms with Gasteiger partial charge in [0.1, 0.15) is 23.2 Å². The van der Waals surface area contributed by atoms with Gasteiger partial charge in [-0.2, -0.15) is 0 Å². The predicted octanol–water partition coefficient (Wildman–Crippen LogP) is 2.26. The zero-order valence-corrected chi connectivity index (χ0v) is 17.3. The fourth-order valence-electron chi connectivity index (χ4n) is 4.78. The van der Waals surface area contributed by atoms with Gasteiger partial charge in [-0.25, -0.2) is 4.98 Å². The van der Waals surface area contributed by atoms with Crippen molar-refractivity contribution in [2.24, 2.45) is 0 Å². The van der Waals surface area contributed by atoms with E-state index < -0.39 is 17.2 Å². The third-order valence-corrected chi connectivity index (χ3v) is 6.40. The Bertz CT molecular complexity index is 910. The first-order chi connectivity index (χ1) is 13.9. The third kappa shape index (κ3) is 3.53. The minimum Gasteiger partial charge on any atom is -0.494 e. The number of methoxy groups -OCH3 is 1. The first kappa shape index (κ1) is 19.9. The number of hydrogen-bond donors (Lipinski definition) is 2. The van der Waals surface area contributed by atoms with Crippen LogP contribution < -0.4 is 15.0 Å². The maximum absolute atomic E-state index is 11.6. The number of fused-ring (bicyclic) bond motifs is 1. The highest BCUT2D eigenvalue weighted by Crippen LogP contribution is 2.40. The van der Waals surface area contributed by atoms with Crippen LogP contribution in [-0.2, 0) is 9.53 Å². The lowest BCUT2D eigenvalue weighted by Gasteiger charge is -2.53. The van der Waals surface area contributed by atoms with Crippen LogP contribution in [0.2, 0.25) is 0 Å². The number of aromatic nitrogens is 1. The number of rotatable bonds is 3. The fraction of sp³-hybridized carbons (Fsp3) is 0.545. The van der Waals surface area contributed by atoms with Crippen molar-refractivity contribution in [1.82, 2.24) is 10.3 Å². The second-order valence-corrected chi connectivity index (χ2v) is 8.35. The second-order valence-electron chi connectivity index (χ2n) is 8.35. The van der Waals surface area contributed by atoms with Crippen molar-refractivity contribution in [2.45, 2.75) is 50.4 Å². The zero-order chi connectivity index (χ0) is 20.6. The summed E-state index contributed by atoms with van der Waals surface area (Å²) in [6.45, 7) is 5.37. The summed E-state index contributed by atoms with van der Waals surface area (Å²) in [6, 6.07) is 9.99. The topological polar surface area (TPSA) is 83.9 Å². The van der Waals surface area contributed by atoms with E-state index in [1.807, 2.05) is 31.2 Å². The fourth-order valence-corrected chi connectivity index (χ4v) is 4.78. The molecule has 29 heavy (non-hydrogen) atoms. The monoisotopic (exact) mass is 399 g/mol. The molecule has 2 fully saturated rings. The molecule has 7 nitrogen and oxygen atoms in total. The van der Waals surface area contributed by atoms with Gasteiger partial charge in [-0.3, -0.25) is 4.79 Å². The first-order valence-corrected chi connectivity index (χ1v) is 10.2. The molecule has 2 saturated heterocycles. The van der Waals surface area contributed by atoms with E-state index in [1.54, 1.807) is 7.11 Å². The Balaban J connectivity index is 1.53. The summed E-state index contributed by atoms with van der Waals surface area (Å²) >= 11 is 0. The zero-order valence-electron chi connectivity index (χ0n) is 17.3. The molecular weight excluding hydrogens is 370 g/mol. The van der Waals surface area contributed by atoms with Crippen LogP contribution >= 0.6 is 0 Å². The minimum absolute atomic E-state index is 0.129. The Labute approximate surface area is 171 Å². The average molecular weight is 399 g/mol. The number of para-hydroxylation sites is 1. The molecule has 2 aromatic rings. The van der Waals surface area contributed by atoms with Crippen LogP contribution in [0.3, 0.4) is 0 Å². The molecule has 156 valence electrons. The molecule has 3 heterocycles. The quantitative estimate of drug-likeness (QED) is 0.824. The largest absolute Gasteiger partial charge is 0.494 e. The first-order valence-electron chi connectivity index (χ1n) is 10.2. The Hall–Kier alpha value is -2.38. The van der Waals surface area contributed by atoms with Gasteiger partial charge in [0.2, 0.25) is 5.91 Å². The van der Waals surface area contributed by atoms with E-state index in [0.717, 1.165) is 35.6 Å². The molecule has 0 unspecified atom stereocenters. The lowest BCUT2D eigenvalue weighted by atomic mass is 9.73. The van der Waals surface area contributed by atoms with E-state index in [0.29, 0.717) is 25.9 Å². The van der Waals surface area contributed by atoms with Crippen molar-refractivity contribution < 1.29 is 19.4 Å². The normalized spacial score (nSPS) is 26.5. The number of benzene rings is 1. The van der Waals surface area contributed by atoms with Crippen LogP contribution in [0.25, 0.3) is 10.9 Å². The third-order valence-electron chi connectivity index (χ3n) is 6.40. The lowest BCUT2D eigenvalue weighted by molar-refractivity contribution is -0.198. The summed E-state index contributed by atoms with van der Waals surface area (Å²) in [7, 11) is 1.65. The van der Waals surface area contributed by atoms with Crippen LogP contribution in [0.5, 0.6) is 5.75 Å². The Morgan fingerprint density at radius 1 is 1.28 bits per heavy atom. The molecule has 1 spiro atoms. The summed E-state index contributed by atoms with van der Waals surface area (Å²) in [5, 5.41) is 15.1. The summed E-state index contributed by atoms with van der Waals surface area (Å²) < 4.78 is 11.6. The van der Waals surface area contributed by atoms with Gasteiger partial charge in [0.05, 0.1) is 18.2 Å². The van der Waals surface area contributed by atoms with Crippen LogP contribution in [0.15, 0.2) is 30.3 Å². The molecule has 0 radical (unpaired) electrons. The number of pyridine rings is 1. The van der Waals surface area contributed by atoms with Gasteiger partial charge in [-0.15, -0.1) is 0 Å². The van der Waals surface area contributed by atoms with Crippen molar-refractivity contribution >= 4 is 22.6 Å². The number of anilines is 1. The van der Waals surface area contributed by atoms with Crippen LogP contribution in [0.4, 0.5) is 5.82 Å². The SMILES string of the molecule is COc1cccc2ccc(N3CCC4(CC3)OCC[C@](C)(NC(C)=O)[C@H]4O)nc12. The van der Waals surface area contributed by atoms with Crippen molar-refractivity contribution in [3.8, 4) is 5.75 Å². The van der Waals surface area contributed by atoms with E-state index in [2.05, 4.69) is 16.3 Å². The summed E-state index contributed by atoms with van der Waals surface area (Å²) in [5.41, 5.74) is -0.457. The van der Waals surface area contributed by atoms with Gasteiger partial charge < -0.3 is 24.8 Å². The molecule has 2 atom stereocenters.